The van der Waals surface area contributed by atoms with E-state index in [9.17, 15) is 9.59 Å². The topological polar surface area (TPSA) is 52.6 Å². The van der Waals surface area contributed by atoms with E-state index in [1.165, 1.54) is 14.2 Å². The second kappa shape index (κ2) is 3.83. The van der Waals surface area contributed by atoms with Crippen molar-refractivity contribution < 1.29 is 19.1 Å². The molecule has 2 bridgehead atoms. The van der Waals surface area contributed by atoms with Crippen LogP contribution >= 0.6 is 0 Å². The summed E-state index contributed by atoms with van der Waals surface area (Å²) in [5.41, 5.74) is 0. The molecular formula is C11H16O4. The van der Waals surface area contributed by atoms with Crippen LogP contribution in [-0.2, 0) is 19.1 Å². The average Bonchev–Trinajstić information content (AvgIpc) is 2.85. The van der Waals surface area contributed by atoms with Gasteiger partial charge in [-0.15, -0.1) is 0 Å². The minimum atomic E-state index is -0.120. The quantitative estimate of drug-likeness (QED) is 0.641. The lowest BCUT2D eigenvalue weighted by Gasteiger charge is -2.24. The van der Waals surface area contributed by atoms with Crippen molar-refractivity contribution in [1.29, 1.82) is 0 Å². The van der Waals surface area contributed by atoms with Gasteiger partial charge in [0.05, 0.1) is 26.1 Å². The highest BCUT2D eigenvalue weighted by atomic mass is 16.5. The maximum atomic E-state index is 11.4. The van der Waals surface area contributed by atoms with Crippen molar-refractivity contribution in [3.8, 4) is 0 Å². The smallest absolute Gasteiger partial charge is 0.308 e. The number of fused-ring (bicyclic) bond motifs is 2. The van der Waals surface area contributed by atoms with Crippen LogP contribution in [0.3, 0.4) is 0 Å². The van der Waals surface area contributed by atoms with Crippen LogP contribution in [0.4, 0.5) is 0 Å². The Morgan fingerprint density at radius 1 is 0.867 bits per heavy atom. The first-order valence-corrected chi connectivity index (χ1v) is 5.33. The van der Waals surface area contributed by atoms with Gasteiger partial charge in [0.2, 0.25) is 0 Å². The second-order valence-electron chi connectivity index (χ2n) is 4.49. The lowest BCUT2D eigenvalue weighted by atomic mass is 9.82. The summed E-state index contributed by atoms with van der Waals surface area (Å²) >= 11 is 0. The minimum absolute atomic E-state index is 0.0147. The molecule has 0 aromatic heterocycles. The molecule has 0 saturated heterocycles. The van der Waals surface area contributed by atoms with Gasteiger partial charge in [0.25, 0.3) is 0 Å². The average molecular weight is 212 g/mol. The maximum absolute atomic E-state index is 11.4. The summed E-state index contributed by atoms with van der Waals surface area (Å²) in [4.78, 5) is 22.8. The lowest BCUT2D eigenvalue weighted by molar-refractivity contribution is -0.152. The van der Waals surface area contributed by atoms with E-state index in [2.05, 4.69) is 0 Å². The molecule has 1 unspecified atom stereocenters. The summed E-state index contributed by atoms with van der Waals surface area (Å²) < 4.78 is 9.51. The van der Waals surface area contributed by atoms with Crippen LogP contribution in [0.2, 0.25) is 0 Å². The van der Waals surface area contributed by atoms with E-state index in [1.54, 1.807) is 0 Å². The van der Waals surface area contributed by atoms with E-state index in [-0.39, 0.29) is 23.8 Å². The summed E-state index contributed by atoms with van der Waals surface area (Å²) in [5, 5.41) is 0. The van der Waals surface area contributed by atoms with Crippen molar-refractivity contribution in [2.75, 3.05) is 14.2 Å². The second-order valence-corrected chi connectivity index (χ2v) is 4.49. The SMILES string of the molecule is COC(=O)[C@H]1C[C@H]2CC1C[C@@H]2C(=O)OC. The van der Waals surface area contributed by atoms with Gasteiger partial charge >= 0.3 is 11.9 Å². The van der Waals surface area contributed by atoms with Crippen molar-refractivity contribution in [2.45, 2.75) is 19.3 Å². The molecule has 2 aliphatic rings. The molecule has 0 aliphatic heterocycles. The predicted octanol–water partition coefficient (Wildman–Crippen LogP) is 0.995. The fraction of sp³-hybridized carbons (Fsp3) is 0.818. The normalized spacial score (nSPS) is 37.7. The van der Waals surface area contributed by atoms with Crippen molar-refractivity contribution in [3.63, 3.8) is 0 Å². The van der Waals surface area contributed by atoms with Gasteiger partial charge in [-0.1, -0.05) is 0 Å². The highest BCUT2D eigenvalue weighted by molar-refractivity contribution is 5.76. The van der Waals surface area contributed by atoms with E-state index < -0.39 is 0 Å². The zero-order chi connectivity index (χ0) is 11.0. The summed E-state index contributed by atoms with van der Waals surface area (Å²) in [6, 6.07) is 0. The minimum Gasteiger partial charge on any atom is -0.469 e. The van der Waals surface area contributed by atoms with E-state index in [4.69, 9.17) is 9.47 Å². The van der Waals surface area contributed by atoms with Crippen molar-refractivity contribution in [1.82, 2.24) is 0 Å². The molecule has 84 valence electrons. The molecule has 0 N–H and O–H groups in total. The van der Waals surface area contributed by atoms with Crippen LogP contribution in [-0.4, -0.2) is 26.2 Å². The van der Waals surface area contributed by atoms with Crippen molar-refractivity contribution in [2.24, 2.45) is 23.7 Å². The summed E-state index contributed by atoms with van der Waals surface area (Å²) in [7, 11) is 2.85. The van der Waals surface area contributed by atoms with Crippen LogP contribution in [0.15, 0.2) is 0 Å². The zero-order valence-electron chi connectivity index (χ0n) is 9.06. The Hall–Kier alpha value is -1.06. The molecule has 2 saturated carbocycles. The van der Waals surface area contributed by atoms with Crippen LogP contribution in [0.25, 0.3) is 0 Å². The molecule has 0 radical (unpaired) electrons. The molecule has 0 aromatic carbocycles. The third kappa shape index (κ3) is 1.62. The Bertz CT molecular complexity index is 258. The van der Waals surface area contributed by atoms with Gasteiger partial charge in [-0.3, -0.25) is 9.59 Å². The molecule has 4 nitrogen and oxygen atoms in total. The van der Waals surface area contributed by atoms with Gasteiger partial charge in [-0.05, 0) is 31.1 Å². The molecule has 0 spiro atoms. The Labute approximate surface area is 88.9 Å². The Kier molecular flexibility index (Phi) is 2.67. The number of methoxy groups -OCH3 is 2. The first-order chi connectivity index (χ1) is 7.17. The summed E-state index contributed by atoms with van der Waals surface area (Å²) in [6.45, 7) is 0. The third-order valence-electron chi connectivity index (χ3n) is 3.86. The maximum Gasteiger partial charge on any atom is 0.308 e. The Morgan fingerprint density at radius 2 is 1.27 bits per heavy atom. The molecule has 2 fully saturated rings. The van der Waals surface area contributed by atoms with E-state index in [0.717, 1.165) is 19.3 Å². The van der Waals surface area contributed by atoms with E-state index in [1.807, 2.05) is 0 Å². The third-order valence-corrected chi connectivity index (χ3v) is 3.86. The standard InChI is InChI=1S/C11H16O4/c1-14-10(12)8-4-7-3-6(8)5-9(7)11(13)15-2/h6-9H,3-5H2,1-2H3/t6-,7?,8+,9+/m1/s1. The van der Waals surface area contributed by atoms with Gasteiger partial charge in [-0.25, -0.2) is 0 Å². The molecular weight excluding hydrogens is 196 g/mol. The molecule has 2 rings (SSSR count). The van der Waals surface area contributed by atoms with Gasteiger partial charge in [0.15, 0.2) is 0 Å². The molecule has 4 heteroatoms. The Balaban J connectivity index is 2.00. The molecule has 0 heterocycles. The fourth-order valence-electron chi connectivity index (χ4n) is 3.16. The summed E-state index contributed by atoms with van der Waals surface area (Å²) in [5.74, 6) is 0.441. The highest BCUT2D eigenvalue weighted by Crippen LogP contribution is 2.52. The lowest BCUT2D eigenvalue weighted by Crippen LogP contribution is -2.29. The van der Waals surface area contributed by atoms with Gasteiger partial charge in [0, 0.05) is 0 Å². The molecule has 4 atom stereocenters. The van der Waals surface area contributed by atoms with Gasteiger partial charge < -0.3 is 9.47 Å². The number of ether oxygens (including phenoxy) is 2. The molecule has 2 aliphatic carbocycles. The number of carbonyl (C=O) groups excluding carboxylic acids is 2. The first kappa shape index (κ1) is 10.5. The monoisotopic (exact) mass is 212 g/mol. The summed E-state index contributed by atoms with van der Waals surface area (Å²) in [6.07, 6.45) is 2.55. The van der Waals surface area contributed by atoms with Crippen LogP contribution < -0.4 is 0 Å². The van der Waals surface area contributed by atoms with Crippen molar-refractivity contribution >= 4 is 11.9 Å². The van der Waals surface area contributed by atoms with E-state index >= 15 is 0 Å². The van der Waals surface area contributed by atoms with Gasteiger partial charge in [-0.2, -0.15) is 0 Å². The number of hydrogen-bond acceptors (Lipinski definition) is 4. The number of hydrogen-bond donors (Lipinski definition) is 0. The highest BCUT2D eigenvalue weighted by Gasteiger charge is 2.51. The van der Waals surface area contributed by atoms with Crippen molar-refractivity contribution in [3.05, 3.63) is 0 Å². The van der Waals surface area contributed by atoms with Crippen LogP contribution in [0.1, 0.15) is 19.3 Å². The largest absolute Gasteiger partial charge is 0.469 e. The molecule has 0 amide bonds. The van der Waals surface area contributed by atoms with Crippen LogP contribution in [0, 0.1) is 23.7 Å². The fourth-order valence-corrected chi connectivity index (χ4v) is 3.16. The number of carbonyl (C=O) groups is 2. The molecule has 0 aromatic rings. The number of esters is 2. The van der Waals surface area contributed by atoms with E-state index in [0.29, 0.717) is 11.8 Å². The Morgan fingerprint density at radius 3 is 1.53 bits per heavy atom. The number of rotatable bonds is 2. The predicted molar refractivity (Wildman–Crippen MR) is 51.8 cm³/mol. The molecule has 15 heavy (non-hydrogen) atoms. The van der Waals surface area contributed by atoms with Gasteiger partial charge in [0.1, 0.15) is 0 Å². The zero-order valence-corrected chi connectivity index (χ0v) is 9.06. The first-order valence-electron chi connectivity index (χ1n) is 5.33. The van der Waals surface area contributed by atoms with Crippen LogP contribution in [0.5, 0.6) is 0 Å².